The molecule has 1 fully saturated rings. The SMILES string of the molecule is CCNC1CCN(Cc2ccc(Br)cc2)CC1. The number of halogens is 1. The van der Waals surface area contributed by atoms with Gasteiger partial charge < -0.3 is 5.32 Å². The van der Waals surface area contributed by atoms with Crippen molar-refractivity contribution in [2.75, 3.05) is 19.6 Å². The molecule has 2 rings (SSSR count). The Morgan fingerprint density at radius 3 is 2.47 bits per heavy atom. The molecular formula is C14H21BrN2. The lowest BCUT2D eigenvalue weighted by atomic mass is 10.0. The van der Waals surface area contributed by atoms with Crippen molar-refractivity contribution in [2.24, 2.45) is 0 Å². The molecule has 0 saturated carbocycles. The van der Waals surface area contributed by atoms with Gasteiger partial charge >= 0.3 is 0 Å². The molecule has 0 amide bonds. The smallest absolute Gasteiger partial charge is 0.0233 e. The maximum absolute atomic E-state index is 3.54. The Labute approximate surface area is 113 Å². The number of nitrogens with zero attached hydrogens (tertiary/aromatic N) is 1. The fourth-order valence-electron chi connectivity index (χ4n) is 2.43. The van der Waals surface area contributed by atoms with Crippen LogP contribution in [0.25, 0.3) is 0 Å². The average molecular weight is 297 g/mol. The molecule has 1 aromatic rings. The molecule has 1 aliphatic rings. The monoisotopic (exact) mass is 296 g/mol. The van der Waals surface area contributed by atoms with Gasteiger partial charge in [-0.25, -0.2) is 0 Å². The molecule has 1 aliphatic heterocycles. The summed E-state index contributed by atoms with van der Waals surface area (Å²) in [6.07, 6.45) is 2.56. The van der Waals surface area contributed by atoms with Crippen LogP contribution in [0.2, 0.25) is 0 Å². The summed E-state index contributed by atoms with van der Waals surface area (Å²) in [5.41, 5.74) is 1.41. The number of piperidine rings is 1. The Bertz CT molecular complexity index is 329. The van der Waals surface area contributed by atoms with E-state index in [-0.39, 0.29) is 0 Å². The molecule has 3 heteroatoms. The van der Waals surface area contributed by atoms with Crippen LogP contribution in [0.15, 0.2) is 28.7 Å². The van der Waals surface area contributed by atoms with E-state index in [9.17, 15) is 0 Å². The second-order valence-corrected chi connectivity index (χ2v) is 5.65. The minimum atomic E-state index is 0.737. The largest absolute Gasteiger partial charge is 0.314 e. The molecule has 0 atom stereocenters. The van der Waals surface area contributed by atoms with Gasteiger partial charge in [0.25, 0.3) is 0 Å². The highest BCUT2D eigenvalue weighted by molar-refractivity contribution is 9.10. The molecule has 0 radical (unpaired) electrons. The van der Waals surface area contributed by atoms with Gasteiger partial charge in [0.1, 0.15) is 0 Å². The van der Waals surface area contributed by atoms with Crippen LogP contribution in [-0.2, 0) is 6.54 Å². The Kier molecular flexibility index (Phi) is 5.01. The molecule has 1 aromatic carbocycles. The first-order valence-corrected chi connectivity index (χ1v) is 7.27. The number of likely N-dealkylation sites (tertiary alicyclic amines) is 1. The lowest BCUT2D eigenvalue weighted by Crippen LogP contribution is -2.42. The summed E-state index contributed by atoms with van der Waals surface area (Å²) in [6.45, 7) is 6.80. The first-order valence-electron chi connectivity index (χ1n) is 6.48. The third kappa shape index (κ3) is 4.09. The van der Waals surface area contributed by atoms with Gasteiger partial charge in [-0.1, -0.05) is 35.0 Å². The van der Waals surface area contributed by atoms with Crippen molar-refractivity contribution in [3.05, 3.63) is 34.3 Å². The zero-order chi connectivity index (χ0) is 12.1. The summed E-state index contributed by atoms with van der Waals surface area (Å²) < 4.78 is 1.16. The number of benzene rings is 1. The fraction of sp³-hybridized carbons (Fsp3) is 0.571. The van der Waals surface area contributed by atoms with Crippen LogP contribution in [0.5, 0.6) is 0 Å². The number of nitrogens with one attached hydrogen (secondary N) is 1. The van der Waals surface area contributed by atoms with E-state index in [0.29, 0.717) is 0 Å². The van der Waals surface area contributed by atoms with Crippen molar-refractivity contribution in [2.45, 2.75) is 32.4 Å². The van der Waals surface area contributed by atoms with Crippen LogP contribution in [0.3, 0.4) is 0 Å². The second-order valence-electron chi connectivity index (χ2n) is 4.73. The predicted molar refractivity (Wildman–Crippen MR) is 76.1 cm³/mol. The van der Waals surface area contributed by atoms with E-state index in [1.54, 1.807) is 0 Å². The molecule has 1 saturated heterocycles. The van der Waals surface area contributed by atoms with Crippen molar-refractivity contribution in [1.82, 2.24) is 10.2 Å². The summed E-state index contributed by atoms with van der Waals surface area (Å²) in [5.74, 6) is 0. The lowest BCUT2D eigenvalue weighted by molar-refractivity contribution is 0.192. The molecule has 17 heavy (non-hydrogen) atoms. The first kappa shape index (κ1) is 13.1. The minimum Gasteiger partial charge on any atom is -0.314 e. The van der Waals surface area contributed by atoms with Gasteiger partial charge in [0.05, 0.1) is 0 Å². The van der Waals surface area contributed by atoms with Gasteiger partial charge in [0, 0.05) is 17.1 Å². The van der Waals surface area contributed by atoms with Gasteiger partial charge in [0.2, 0.25) is 0 Å². The van der Waals surface area contributed by atoms with Gasteiger partial charge in [-0.2, -0.15) is 0 Å². The van der Waals surface area contributed by atoms with Crippen LogP contribution < -0.4 is 5.32 Å². The molecule has 0 bridgehead atoms. The Morgan fingerprint density at radius 2 is 1.88 bits per heavy atom. The van der Waals surface area contributed by atoms with Crippen LogP contribution >= 0.6 is 15.9 Å². The number of hydrogen-bond acceptors (Lipinski definition) is 2. The van der Waals surface area contributed by atoms with Crippen LogP contribution in [-0.4, -0.2) is 30.6 Å². The van der Waals surface area contributed by atoms with Crippen molar-refractivity contribution < 1.29 is 0 Å². The number of rotatable bonds is 4. The van der Waals surface area contributed by atoms with E-state index >= 15 is 0 Å². The molecule has 0 spiro atoms. The van der Waals surface area contributed by atoms with E-state index in [1.165, 1.54) is 31.5 Å². The Hall–Kier alpha value is -0.380. The Morgan fingerprint density at radius 1 is 1.24 bits per heavy atom. The van der Waals surface area contributed by atoms with Gasteiger partial charge in [-0.05, 0) is 50.2 Å². The van der Waals surface area contributed by atoms with E-state index in [4.69, 9.17) is 0 Å². The van der Waals surface area contributed by atoms with Crippen molar-refractivity contribution in [3.8, 4) is 0 Å². The summed E-state index contributed by atoms with van der Waals surface area (Å²) in [7, 11) is 0. The molecule has 94 valence electrons. The predicted octanol–water partition coefficient (Wildman–Crippen LogP) is 3.02. The standard InChI is InChI=1S/C14H21BrN2/c1-2-16-14-7-9-17(10-8-14)11-12-3-5-13(15)6-4-12/h3-6,14,16H,2,7-11H2,1H3. The van der Waals surface area contributed by atoms with Crippen LogP contribution in [0.1, 0.15) is 25.3 Å². The maximum Gasteiger partial charge on any atom is 0.0233 e. The number of hydrogen-bond donors (Lipinski definition) is 1. The van der Waals surface area contributed by atoms with Crippen LogP contribution in [0, 0.1) is 0 Å². The average Bonchev–Trinajstić information content (AvgIpc) is 2.35. The maximum atomic E-state index is 3.54. The van der Waals surface area contributed by atoms with E-state index < -0.39 is 0 Å². The summed E-state index contributed by atoms with van der Waals surface area (Å²) >= 11 is 3.47. The van der Waals surface area contributed by atoms with Gasteiger partial charge in [0.15, 0.2) is 0 Å². The van der Waals surface area contributed by atoms with E-state index in [1.807, 2.05) is 0 Å². The second kappa shape index (κ2) is 6.53. The Balaban J connectivity index is 1.79. The molecule has 0 unspecified atom stereocenters. The molecule has 1 N–H and O–H groups in total. The van der Waals surface area contributed by atoms with Crippen molar-refractivity contribution >= 4 is 15.9 Å². The summed E-state index contributed by atoms with van der Waals surface area (Å²) in [6, 6.07) is 9.41. The van der Waals surface area contributed by atoms with E-state index in [0.717, 1.165) is 23.6 Å². The molecule has 0 aromatic heterocycles. The highest BCUT2D eigenvalue weighted by Crippen LogP contribution is 2.16. The van der Waals surface area contributed by atoms with Gasteiger partial charge in [-0.15, -0.1) is 0 Å². The topological polar surface area (TPSA) is 15.3 Å². The summed E-state index contributed by atoms with van der Waals surface area (Å²) in [4.78, 5) is 2.55. The third-order valence-electron chi connectivity index (χ3n) is 3.40. The molecule has 0 aliphatic carbocycles. The first-order chi connectivity index (χ1) is 8.28. The van der Waals surface area contributed by atoms with Crippen molar-refractivity contribution in [1.29, 1.82) is 0 Å². The van der Waals surface area contributed by atoms with Gasteiger partial charge in [-0.3, -0.25) is 4.90 Å². The summed E-state index contributed by atoms with van der Waals surface area (Å²) in [5, 5.41) is 3.54. The molecule has 1 heterocycles. The normalized spacial score (nSPS) is 18.5. The van der Waals surface area contributed by atoms with E-state index in [2.05, 4.69) is 57.3 Å². The zero-order valence-electron chi connectivity index (χ0n) is 10.5. The highest BCUT2D eigenvalue weighted by atomic mass is 79.9. The zero-order valence-corrected chi connectivity index (χ0v) is 12.0. The van der Waals surface area contributed by atoms with Crippen LogP contribution in [0.4, 0.5) is 0 Å². The molecular weight excluding hydrogens is 276 g/mol. The fourth-order valence-corrected chi connectivity index (χ4v) is 2.70. The minimum absolute atomic E-state index is 0.737. The molecule has 2 nitrogen and oxygen atoms in total. The quantitative estimate of drug-likeness (QED) is 0.919. The highest BCUT2D eigenvalue weighted by Gasteiger charge is 2.17. The lowest BCUT2D eigenvalue weighted by Gasteiger charge is -2.32. The van der Waals surface area contributed by atoms with Crippen molar-refractivity contribution in [3.63, 3.8) is 0 Å². The third-order valence-corrected chi connectivity index (χ3v) is 3.93.